The van der Waals surface area contributed by atoms with Gasteiger partial charge in [0.15, 0.2) is 11.5 Å². The van der Waals surface area contributed by atoms with E-state index in [0.717, 1.165) is 22.5 Å². The minimum atomic E-state index is -0.561. The summed E-state index contributed by atoms with van der Waals surface area (Å²) in [6, 6.07) is 18.2. The molecule has 6 aromatic rings. The second kappa shape index (κ2) is 10.2. The van der Waals surface area contributed by atoms with Crippen LogP contribution in [0.4, 0.5) is 5.82 Å². The third-order valence-corrected chi connectivity index (χ3v) is 7.25. The molecule has 0 aliphatic carbocycles. The predicted octanol–water partition coefficient (Wildman–Crippen LogP) is 4.32. The largest absolute Gasteiger partial charge is 0.381 e. The van der Waals surface area contributed by atoms with Crippen LogP contribution in [0, 0.1) is 6.92 Å². The first-order chi connectivity index (χ1) is 19.8. The number of amides is 1. The van der Waals surface area contributed by atoms with Crippen LogP contribution >= 0.6 is 0 Å². The number of hydrogen-bond acceptors (Lipinski definition) is 6. The van der Waals surface area contributed by atoms with E-state index in [1.54, 1.807) is 29.2 Å². The summed E-state index contributed by atoms with van der Waals surface area (Å²) in [6.07, 6.45) is 8.94. The quantitative estimate of drug-likeness (QED) is 0.322. The second-order valence-electron chi connectivity index (χ2n) is 9.82. The lowest BCUT2D eigenvalue weighted by Crippen LogP contribution is -2.32. The molecule has 3 N–H and O–H groups in total. The van der Waals surface area contributed by atoms with Gasteiger partial charge in [-0.05, 0) is 55.1 Å². The molecule has 1 amide bonds. The van der Waals surface area contributed by atoms with Gasteiger partial charge in [-0.15, -0.1) is 5.10 Å². The Hall–Kier alpha value is -5.51. The molecule has 41 heavy (non-hydrogen) atoms. The average molecular weight is 545 g/mol. The minimum Gasteiger partial charge on any atom is -0.381 e. The van der Waals surface area contributed by atoms with Crippen molar-refractivity contribution in [2.45, 2.75) is 19.9 Å². The van der Waals surface area contributed by atoms with Gasteiger partial charge in [0.25, 0.3) is 11.5 Å². The van der Waals surface area contributed by atoms with Gasteiger partial charge in [0.1, 0.15) is 11.4 Å². The number of carbonyl (C=O) groups excluding carboxylic acids is 1. The number of aryl methyl sites for hydroxylation is 1. The molecule has 204 valence electrons. The Bertz CT molecular complexity index is 2020. The molecular formula is C31H28N8O2. The molecule has 0 saturated heterocycles. The van der Waals surface area contributed by atoms with Crippen LogP contribution in [-0.4, -0.2) is 34.6 Å². The van der Waals surface area contributed by atoms with Gasteiger partial charge in [-0.25, -0.2) is 14.5 Å². The molecule has 4 aromatic heterocycles. The van der Waals surface area contributed by atoms with E-state index in [2.05, 4.69) is 20.4 Å². The van der Waals surface area contributed by atoms with Gasteiger partial charge in [-0.2, -0.15) is 0 Å². The number of rotatable bonds is 6. The smallest absolute Gasteiger partial charge is 0.263 e. The number of nitrogens with zero attached hydrogens (tertiary/aromatic N) is 6. The van der Waals surface area contributed by atoms with Crippen LogP contribution in [0.2, 0.25) is 0 Å². The number of nitrogens with two attached hydrogens (primary N) is 1. The first-order valence-corrected chi connectivity index (χ1v) is 13.1. The zero-order chi connectivity index (χ0) is 28.7. The van der Waals surface area contributed by atoms with E-state index in [9.17, 15) is 9.59 Å². The van der Waals surface area contributed by atoms with E-state index < -0.39 is 11.9 Å². The Morgan fingerprint density at radius 1 is 1.05 bits per heavy atom. The summed E-state index contributed by atoms with van der Waals surface area (Å²) >= 11 is 0. The van der Waals surface area contributed by atoms with Crippen molar-refractivity contribution in [2.24, 2.45) is 7.05 Å². The Labute approximate surface area is 235 Å². The highest BCUT2D eigenvalue weighted by molar-refractivity contribution is 6.04. The maximum atomic E-state index is 14.3. The monoisotopic (exact) mass is 544 g/mol. The van der Waals surface area contributed by atoms with Crippen molar-refractivity contribution in [2.75, 3.05) is 5.73 Å². The SMILES string of the molecule is Cc1ncc(/C=C/c2cccc3cc(C(C)NC(=O)c4c(N)nn5cccnc45)n(-c4ccccc4)c(=O)c23)n1C. The molecule has 0 aliphatic heterocycles. The Morgan fingerprint density at radius 2 is 1.85 bits per heavy atom. The van der Waals surface area contributed by atoms with E-state index in [1.807, 2.05) is 92.2 Å². The Balaban J connectivity index is 1.47. The first-order valence-electron chi connectivity index (χ1n) is 13.1. The molecule has 6 rings (SSSR count). The molecule has 2 aromatic carbocycles. The van der Waals surface area contributed by atoms with Crippen LogP contribution in [-0.2, 0) is 7.05 Å². The third kappa shape index (κ3) is 4.55. The van der Waals surface area contributed by atoms with Crippen LogP contribution in [0.5, 0.6) is 0 Å². The van der Waals surface area contributed by atoms with Gasteiger partial charge in [-0.1, -0.05) is 42.5 Å². The Morgan fingerprint density at radius 3 is 2.61 bits per heavy atom. The molecule has 0 aliphatic rings. The number of benzene rings is 2. The number of hydrogen-bond donors (Lipinski definition) is 2. The number of aromatic nitrogens is 6. The van der Waals surface area contributed by atoms with Gasteiger partial charge >= 0.3 is 0 Å². The molecule has 0 fully saturated rings. The van der Waals surface area contributed by atoms with Gasteiger partial charge in [0.2, 0.25) is 0 Å². The van der Waals surface area contributed by atoms with Gasteiger partial charge in [0.05, 0.1) is 23.3 Å². The number of imidazole rings is 1. The summed E-state index contributed by atoms with van der Waals surface area (Å²) in [5.41, 5.74) is 9.45. The van der Waals surface area contributed by atoms with Crippen molar-refractivity contribution in [3.63, 3.8) is 0 Å². The molecular weight excluding hydrogens is 516 g/mol. The van der Waals surface area contributed by atoms with E-state index in [1.165, 1.54) is 4.52 Å². The van der Waals surface area contributed by atoms with Crippen molar-refractivity contribution in [3.8, 4) is 5.69 Å². The highest BCUT2D eigenvalue weighted by Gasteiger charge is 2.23. The van der Waals surface area contributed by atoms with Gasteiger partial charge in [-0.3, -0.25) is 14.2 Å². The van der Waals surface area contributed by atoms with E-state index in [-0.39, 0.29) is 16.9 Å². The maximum Gasteiger partial charge on any atom is 0.263 e. The fraction of sp³-hybridized carbons (Fsp3) is 0.129. The fourth-order valence-corrected chi connectivity index (χ4v) is 5.02. The van der Waals surface area contributed by atoms with Crippen molar-refractivity contribution in [1.29, 1.82) is 0 Å². The molecule has 1 atom stereocenters. The van der Waals surface area contributed by atoms with Crippen LogP contribution in [0.1, 0.15) is 46.1 Å². The lowest BCUT2D eigenvalue weighted by molar-refractivity contribution is 0.0941. The summed E-state index contributed by atoms with van der Waals surface area (Å²) in [5.74, 6) is 0.544. The molecule has 4 heterocycles. The predicted molar refractivity (Wildman–Crippen MR) is 160 cm³/mol. The van der Waals surface area contributed by atoms with E-state index >= 15 is 0 Å². The highest BCUT2D eigenvalue weighted by atomic mass is 16.2. The van der Waals surface area contributed by atoms with Crippen molar-refractivity contribution >= 4 is 40.3 Å². The maximum absolute atomic E-state index is 14.3. The first kappa shape index (κ1) is 25.8. The molecule has 1 unspecified atom stereocenters. The number of pyridine rings is 1. The van der Waals surface area contributed by atoms with Crippen LogP contribution in [0.15, 0.2) is 84.0 Å². The summed E-state index contributed by atoms with van der Waals surface area (Å²) in [7, 11) is 1.95. The van der Waals surface area contributed by atoms with Crippen LogP contribution in [0.25, 0.3) is 34.3 Å². The number of carbonyl (C=O) groups is 1. The van der Waals surface area contributed by atoms with Crippen LogP contribution < -0.4 is 16.6 Å². The normalized spacial score (nSPS) is 12.4. The highest BCUT2D eigenvalue weighted by Crippen LogP contribution is 2.25. The number of nitrogens with one attached hydrogen (secondary N) is 1. The van der Waals surface area contributed by atoms with Gasteiger partial charge < -0.3 is 15.6 Å². The Kier molecular flexibility index (Phi) is 6.43. The van der Waals surface area contributed by atoms with E-state index in [0.29, 0.717) is 22.4 Å². The molecule has 10 heteroatoms. The number of para-hydroxylation sites is 1. The average Bonchev–Trinajstić information content (AvgIpc) is 3.49. The number of nitrogen functional groups attached to an aromatic ring is 1. The van der Waals surface area contributed by atoms with Crippen molar-refractivity contribution < 1.29 is 4.79 Å². The number of anilines is 1. The topological polar surface area (TPSA) is 125 Å². The number of fused-ring (bicyclic) bond motifs is 2. The summed E-state index contributed by atoms with van der Waals surface area (Å²) in [6.45, 7) is 3.78. The molecule has 0 bridgehead atoms. The fourth-order valence-electron chi connectivity index (χ4n) is 5.02. The zero-order valence-electron chi connectivity index (χ0n) is 22.8. The van der Waals surface area contributed by atoms with Crippen LogP contribution in [0.3, 0.4) is 0 Å². The van der Waals surface area contributed by atoms with Crippen molar-refractivity contribution in [1.82, 2.24) is 34.0 Å². The zero-order valence-corrected chi connectivity index (χ0v) is 22.8. The van der Waals surface area contributed by atoms with Crippen molar-refractivity contribution in [3.05, 3.63) is 118 Å². The summed E-state index contributed by atoms with van der Waals surface area (Å²) < 4.78 is 5.10. The molecule has 0 saturated carbocycles. The molecule has 0 spiro atoms. The molecule has 10 nitrogen and oxygen atoms in total. The van der Waals surface area contributed by atoms with E-state index in [4.69, 9.17) is 5.73 Å². The summed E-state index contributed by atoms with van der Waals surface area (Å²) in [5, 5.41) is 8.54. The molecule has 0 radical (unpaired) electrons. The lowest BCUT2D eigenvalue weighted by atomic mass is 10.0. The minimum absolute atomic E-state index is 0.0763. The lowest BCUT2D eigenvalue weighted by Gasteiger charge is -2.21. The third-order valence-electron chi connectivity index (χ3n) is 7.25. The summed E-state index contributed by atoms with van der Waals surface area (Å²) in [4.78, 5) is 36.3. The standard InChI is InChI=1S/C31H28N8O2/c1-19(35-30(40)27-28(32)36-38-16-8-15-33-29(27)38)25-17-22-10-7-9-21(13-14-24-18-34-20(2)37(24)3)26(22)31(41)39(25)23-11-5-4-6-12-23/h4-19H,1-3H3,(H2,32,36)(H,35,40)/b14-13+. The van der Waals surface area contributed by atoms with Gasteiger partial charge in [0, 0.05) is 30.8 Å². The second-order valence-corrected chi connectivity index (χ2v) is 9.82.